The van der Waals surface area contributed by atoms with Crippen LogP contribution in [0.5, 0.6) is 11.5 Å². The topological polar surface area (TPSA) is 44.8 Å². The van der Waals surface area contributed by atoms with Crippen LogP contribution in [0.2, 0.25) is 0 Å². The van der Waals surface area contributed by atoms with Crippen molar-refractivity contribution in [2.75, 3.05) is 12.4 Å². The fourth-order valence-electron chi connectivity index (χ4n) is 3.79. The van der Waals surface area contributed by atoms with E-state index in [1.54, 1.807) is 13.8 Å². The minimum atomic E-state index is -4.76. The van der Waals surface area contributed by atoms with Crippen molar-refractivity contribution in [1.29, 1.82) is 0 Å². The molecule has 33 heavy (non-hydrogen) atoms. The van der Waals surface area contributed by atoms with Gasteiger partial charge in [-0.3, -0.25) is 0 Å². The second-order valence-electron chi connectivity index (χ2n) is 8.43. The molecule has 0 saturated carbocycles. The quantitative estimate of drug-likeness (QED) is 0.342. The van der Waals surface area contributed by atoms with Gasteiger partial charge in [-0.25, -0.2) is 4.79 Å². The van der Waals surface area contributed by atoms with Crippen molar-refractivity contribution in [1.82, 2.24) is 0 Å². The van der Waals surface area contributed by atoms with Crippen molar-refractivity contribution in [3.63, 3.8) is 0 Å². The van der Waals surface area contributed by atoms with Crippen LogP contribution < -0.4 is 9.47 Å². The Balaban J connectivity index is 1.62. The van der Waals surface area contributed by atoms with E-state index >= 15 is 0 Å². The number of carbonyl (C=O) groups excluding carboxylic acids is 1. The molecule has 0 saturated heterocycles. The Morgan fingerprint density at radius 1 is 1.03 bits per heavy atom. The summed E-state index contributed by atoms with van der Waals surface area (Å²) in [6.07, 6.45) is -1.37. The van der Waals surface area contributed by atoms with Crippen LogP contribution in [0.1, 0.15) is 43.9 Å². The highest BCUT2D eigenvalue weighted by molar-refractivity contribution is 8.00. The van der Waals surface area contributed by atoms with Gasteiger partial charge >= 0.3 is 12.3 Å². The maximum absolute atomic E-state index is 12.5. The summed E-state index contributed by atoms with van der Waals surface area (Å²) in [5.41, 5.74) is 1.40. The van der Waals surface area contributed by atoms with Gasteiger partial charge in [0.05, 0.1) is 10.9 Å². The van der Waals surface area contributed by atoms with Crippen LogP contribution in [0, 0.1) is 13.8 Å². The lowest BCUT2D eigenvalue weighted by atomic mass is 9.98. The Morgan fingerprint density at radius 2 is 1.64 bits per heavy atom. The van der Waals surface area contributed by atoms with Crippen molar-refractivity contribution in [2.45, 2.75) is 57.9 Å². The second-order valence-corrected chi connectivity index (χ2v) is 10.7. The molecule has 0 fully saturated rings. The normalized spacial score (nSPS) is 16.4. The van der Waals surface area contributed by atoms with Crippen LogP contribution in [-0.4, -0.2) is 24.7 Å². The van der Waals surface area contributed by atoms with Crippen molar-refractivity contribution >= 4 is 16.9 Å². The first kappa shape index (κ1) is 25.0. The number of allylic oxidation sites excluding steroid dienone is 2. The Kier molecular flexibility index (Phi) is 7.36. The lowest BCUT2D eigenvalue weighted by molar-refractivity contribution is -0.274. The van der Waals surface area contributed by atoms with Crippen LogP contribution >= 0.6 is 0 Å². The highest BCUT2D eigenvalue weighted by Gasteiger charge is 2.32. The lowest BCUT2D eigenvalue weighted by Crippen LogP contribution is -2.28. The minimum Gasteiger partial charge on any atom is -0.481 e. The number of hydrogen-bond acceptors (Lipinski definition) is 4. The number of benzene rings is 2. The van der Waals surface area contributed by atoms with Gasteiger partial charge in [0, 0.05) is 25.5 Å². The number of ether oxygens (including phenoxy) is 3. The zero-order valence-electron chi connectivity index (χ0n) is 19.3. The molecular weight excluding hydrogens is 453 g/mol. The van der Waals surface area contributed by atoms with Gasteiger partial charge in [-0.2, -0.15) is 0 Å². The van der Waals surface area contributed by atoms with Crippen LogP contribution in [0.3, 0.4) is 0 Å². The number of halogens is 3. The van der Waals surface area contributed by atoms with Crippen molar-refractivity contribution in [3.05, 3.63) is 64.1 Å². The summed E-state index contributed by atoms with van der Waals surface area (Å²) in [7, 11) is 0.123. The standard InChI is InChI=1S/C25H28F3O4S/c1-16-13-21(33-12-6-7-18(33)3)14-17(2)23(16)30-15-22(29)32-24(4,5)19-8-10-20(11-9-19)31-25(26,27)28/h7-11,13-14H,6,12,15H2,1-5H3/q+1. The fourth-order valence-corrected chi connectivity index (χ4v) is 6.03. The second kappa shape index (κ2) is 9.71. The van der Waals surface area contributed by atoms with Crippen molar-refractivity contribution in [3.8, 4) is 11.5 Å². The van der Waals surface area contributed by atoms with E-state index in [0.717, 1.165) is 23.3 Å². The van der Waals surface area contributed by atoms with Gasteiger partial charge in [-0.05, 0) is 62.6 Å². The zero-order valence-corrected chi connectivity index (χ0v) is 20.2. The first-order valence-electron chi connectivity index (χ1n) is 10.6. The van der Waals surface area contributed by atoms with E-state index in [-0.39, 0.29) is 23.3 Å². The van der Waals surface area contributed by atoms with Gasteiger partial charge in [0.15, 0.2) is 11.5 Å². The van der Waals surface area contributed by atoms with Crippen molar-refractivity contribution < 1.29 is 32.2 Å². The van der Waals surface area contributed by atoms with Crippen LogP contribution in [0.4, 0.5) is 13.2 Å². The van der Waals surface area contributed by atoms with E-state index in [0.29, 0.717) is 11.3 Å². The summed E-state index contributed by atoms with van der Waals surface area (Å²) < 4.78 is 52.2. The number of carbonyl (C=O) groups is 1. The molecule has 1 aliphatic heterocycles. The van der Waals surface area contributed by atoms with Gasteiger partial charge < -0.3 is 14.2 Å². The smallest absolute Gasteiger partial charge is 0.481 e. The van der Waals surface area contributed by atoms with E-state index in [4.69, 9.17) is 9.47 Å². The van der Waals surface area contributed by atoms with Gasteiger partial charge in [0.25, 0.3) is 0 Å². The van der Waals surface area contributed by atoms with E-state index in [9.17, 15) is 18.0 Å². The van der Waals surface area contributed by atoms with Crippen LogP contribution in [0.15, 0.2) is 52.3 Å². The predicted molar refractivity (Wildman–Crippen MR) is 123 cm³/mol. The van der Waals surface area contributed by atoms with E-state index < -0.39 is 17.9 Å². The molecule has 0 N–H and O–H groups in total. The third-order valence-electron chi connectivity index (χ3n) is 5.35. The zero-order chi connectivity index (χ0) is 24.4. The number of rotatable bonds is 7. The van der Waals surface area contributed by atoms with E-state index in [2.05, 4.69) is 29.9 Å². The Hall–Kier alpha value is -2.61. The predicted octanol–water partition coefficient (Wildman–Crippen LogP) is 6.34. The molecule has 178 valence electrons. The molecule has 4 nitrogen and oxygen atoms in total. The number of alkyl halides is 3. The summed E-state index contributed by atoms with van der Waals surface area (Å²) in [5, 5.41) is 0. The summed E-state index contributed by atoms with van der Waals surface area (Å²) in [6, 6.07) is 9.48. The molecule has 2 aromatic rings. The van der Waals surface area contributed by atoms with E-state index in [1.165, 1.54) is 34.1 Å². The average Bonchev–Trinajstić information content (AvgIpc) is 3.12. The van der Waals surface area contributed by atoms with Gasteiger partial charge in [0.2, 0.25) is 0 Å². The summed E-state index contributed by atoms with van der Waals surface area (Å²) in [5.74, 6) is 0.881. The lowest BCUT2D eigenvalue weighted by Gasteiger charge is -2.26. The number of aryl methyl sites for hydroxylation is 2. The molecule has 0 radical (unpaired) electrons. The van der Waals surface area contributed by atoms with Gasteiger partial charge in [-0.1, -0.05) is 12.1 Å². The Labute approximate surface area is 195 Å². The molecule has 0 aliphatic carbocycles. The molecule has 0 spiro atoms. The molecule has 2 aromatic carbocycles. The fraction of sp³-hybridized carbons (Fsp3) is 0.400. The molecule has 3 rings (SSSR count). The summed E-state index contributed by atoms with van der Waals surface area (Å²) in [6.45, 7) is 9.14. The highest BCUT2D eigenvalue weighted by atomic mass is 32.2. The first-order chi connectivity index (χ1) is 15.4. The Morgan fingerprint density at radius 3 is 2.15 bits per heavy atom. The van der Waals surface area contributed by atoms with Gasteiger partial charge in [0.1, 0.15) is 27.8 Å². The third kappa shape index (κ3) is 6.47. The van der Waals surface area contributed by atoms with Gasteiger partial charge in [-0.15, -0.1) is 13.2 Å². The molecule has 1 unspecified atom stereocenters. The molecule has 0 aromatic heterocycles. The molecular formula is C25H28F3O4S+. The molecule has 1 aliphatic rings. The average molecular weight is 482 g/mol. The maximum Gasteiger partial charge on any atom is 0.573 e. The SMILES string of the molecule is CC1=CCC[S+]1c1cc(C)c(OCC(=O)OC(C)(C)c2ccc(OC(F)(F)F)cc2)c(C)c1. The highest BCUT2D eigenvalue weighted by Crippen LogP contribution is 2.34. The third-order valence-corrected chi connectivity index (χ3v) is 7.74. The first-order valence-corrected chi connectivity index (χ1v) is 11.9. The number of hydrogen-bond donors (Lipinski definition) is 0. The van der Waals surface area contributed by atoms with Crippen LogP contribution in [-0.2, 0) is 26.0 Å². The largest absolute Gasteiger partial charge is 0.573 e. The molecule has 0 bridgehead atoms. The minimum absolute atomic E-state index is 0.123. The van der Waals surface area contributed by atoms with E-state index in [1.807, 2.05) is 13.8 Å². The maximum atomic E-state index is 12.5. The van der Waals surface area contributed by atoms with Crippen molar-refractivity contribution in [2.24, 2.45) is 0 Å². The summed E-state index contributed by atoms with van der Waals surface area (Å²) >= 11 is 0. The molecule has 1 atom stereocenters. The Bertz CT molecular complexity index is 1020. The molecule has 1 heterocycles. The summed E-state index contributed by atoms with van der Waals surface area (Å²) in [4.78, 5) is 15.2. The molecule has 0 amide bonds. The van der Waals surface area contributed by atoms with Crippen LogP contribution in [0.25, 0.3) is 0 Å². The monoisotopic (exact) mass is 481 g/mol. The number of esters is 1. The molecule has 8 heteroatoms.